The largest absolute Gasteiger partial charge is 0.405 e. The second-order valence-corrected chi connectivity index (χ2v) is 3.08. The van der Waals surface area contributed by atoms with Gasteiger partial charge in [-0.3, -0.25) is 0 Å². The van der Waals surface area contributed by atoms with Crippen molar-refractivity contribution in [2.24, 2.45) is 0 Å². The minimum Gasteiger partial charge on any atom is -0.395 e. The van der Waals surface area contributed by atoms with Gasteiger partial charge in [0.1, 0.15) is 12.4 Å². The third kappa shape index (κ3) is 4.01. The quantitative estimate of drug-likeness (QED) is 0.639. The molecule has 0 aromatic carbocycles. The number of hydrogen-bond acceptors (Lipinski definition) is 3. The van der Waals surface area contributed by atoms with Crippen molar-refractivity contribution >= 4 is 5.82 Å². The van der Waals surface area contributed by atoms with Crippen molar-refractivity contribution in [2.45, 2.75) is 6.18 Å². The van der Waals surface area contributed by atoms with Gasteiger partial charge in [-0.15, -0.1) is 0 Å². The van der Waals surface area contributed by atoms with E-state index in [4.69, 9.17) is 5.11 Å². The van der Waals surface area contributed by atoms with E-state index in [1.165, 1.54) is 12.1 Å². The van der Waals surface area contributed by atoms with Crippen LogP contribution in [0.5, 0.6) is 0 Å². The molecular weight excluding hydrogens is 228 g/mol. The predicted octanol–water partition coefficient (Wildman–Crippen LogP) is 1.58. The predicted molar refractivity (Wildman–Crippen MR) is 49.5 cm³/mol. The average Bonchev–Trinajstić information content (AvgIpc) is 2.15. The van der Waals surface area contributed by atoms with Crippen molar-refractivity contribution in [1.82, 2.24) is 4.98 Å². The molecule has 0 atom stereocenters. The Bertz CT molecular complexity index is 343. The van der Waals surface area contributed by atoms with Gasteiger partial charge in [0.25, 0.3) is 0 Å². The maximum atomic E-state index is 12.7. The van der Waals surface area contributed by atoms with E-state index in [2.05, 4.69) is 4.98 Å². The Balaban J connectivity index is 2.85. The molecule has 1 N–H and O–H groups in total. The monoisotopic (exact) mass is 238 g/mol. The number of aliphatic hydroxyl groups is 1. The molecule has 1 rings (SSSR count). The summed E-state index contributed by atoms with van der Waals surface area (Å²) in [7, 11) is 0. The number of pyridine rings is 1. The van der Waals surface area contributed by atoms with Crippen LogP contribution in [0, 0.1) is 5.95 Å². The Morgan fingerprint density at radius 3 is 2.50 bits per heavy atom. The summed E-state index contributed by atoms with van der Waals surface area (Å²) >= 11 is 0. The number of anilines is 1. The van der Waals surface area contributed by atoms with Gasteiger partial charge in [-0.2, -0.15) is 17.6 Å². The summed E-state index contributed by atoms with van der Waals surface area (Å²) in [6, 6.07) is 3.55. The van der Waals surface area contributed by atoms with Gasteiger partial charge in [-0.1, -0.05) is 6.07 Å². The molecule has 0 amide bonds. The normalized spacial score (nSPS) is 11.6. The van der Waals surface area contributed by atoms with E-state index in [9.17, 15) is 17.6 Å². The molecule has 0 bridgehead atoms. The molecule has 0 fully saturated rings. The molecule has 0 radical (unpaired) electrons. The van der Waals surface area contributed by atoms with Gasteiger partial charge in [0.15, 0.2) is 0 Å². The molecule has 0 unspecified atom stereocenters. The fourth-order valence-electron chi connectivity index (χ4n) is 1.19. The summed E-state index contributed by atoms with van der Waals surface area (Å²) < 4.78 is 49.2. The zero-order chi connectivity index (χ0) is 12.2. The standard InChI is InChI=1S/C9H10F4N2O/c10-7-2-1-3-8(14-7)15(4-5-16)6-9(11,12)13/h1-3,16H,4-6H2. The minimum absolute atomic E-state index is 0.147. The van der Waals surface area contributed by atoms with Crippen LogP contribution >= 0.6 is 0 Å². The summed E-state index contributed by atoms with van der Waals surface area (Å²) in [6.07, 6.45) is -4.43. The van der Waals surface area contributed by atoms with E-state index < -0.39 is 25.3 Å². The second-order valence-electron chi connectivity index (χ2n) is 3.08. The first-order valence-electron chi connectivity index (χ1n) is 4.47. The van der Waals surface area contributed by atoms with Gasteiger partial charge in [-0.05, 0) is 12.1 Å². The van der Waals surface area contributed by atoms with Crippen LogP contribution in [0.4, 0.5) is 23.4 Å². The highest BCUT2D eigenvalue weighted by Crippen LogP contribution is 2.20. The lowest BCUT2D eigenvalue weighted by atomic mass is 10.4. The highest BCUT2D eigenvalue weighted by molar-refractivity contribution is 5.38. The zero-order valence-corrected chi connectivity index (χ0v) is 8.21. The number of hydrogen-bond donors (Lipinski definition) is 1. The number of rotatable bonds is 4. The van der Waals surface area contributed by atoms with E-state index in [0.717, 1.165) is 11.0 Å². The molecule has 1 aromatic rings. The van der Waals surface area contributed by atoms with Crippen molar-refractivity contribution in [3.8, 4) is 0 Å². The van der Waals surface area contributed by atoms with E-state index in [1.807, 2.05) is 0 Å². The minimum atomic E-state index is -4.43. The van der Waals surface area contributed by atoms with Gasteiger partial charge in [0, 0.05) is 6.54 Å². The van der Waals surface area contributed by atoms with Gasteiger partial charge >= 0.3 is 6.18 Å². The first-order chi connectivity index (χ1) is 7.42. The van der Waals surface area contributed by atoms with E-state index in [-0.39, 0.29) is 12.4 Å². The van der Waals surface area contributed by atoms with Crippen molar-refractivity contribution in [3.05, 3.63) is 24.1 Å². The fraction of sp³-hybridized carbons (Fsp3) is 0.444. The van der Waals surface area contributed by atoms with Crippen molar-refractivity contribution < 1.29 is 22.7 Å². The molecule has 3 nitrogen and oxygen atoms in total. The first kappa shape index (κ1) is 12.7. The first-order valence-corrected chi connectivity index (χ1v) is 4.47. The van der Waals surface area contributed by atoms with Crippen LogP contribution in [0.15, 0.2) is 18.2 Å². The second kappa shape index (κ2) is 5.11. The molecular formula is C9H10F4N2O. The fourth-order valence-corrected chi connectivity index (χ4v) is 1.19. The molecule has 0 saturated heterocycles. The van der Waals surface area contributed by atoms with Crippen LogP contribution in [-0.2, 0) is 0 Å². The molecule has 0 aliphatic heterocycles. The summed E-state index contributed by atoms with van der Waals surface area (Å²) in [6.45, 7) is -1.99. The van der Waals surface area contributed by atoms with Gasteiger partial charge in [0.05, 0.1) is 6.61 Å². The molecule has 1 aromatic heterocycles. The maximum absolute atomic E-state index is 12.7. The lowest BCUT2D eigenvalue weighted by Gasteiger charge is -2.23. The SMILES string of the molecule is OCCN(CC(F)(F)F)c1cccc(F)n1. The van der Waals surface area contributed by atoms with Gasteiger partial charge in [-0.25, -0.2) is 4.98 Å². The molecule has 0 saturated carbocycles. The van der Waals surface area contributed by atoms with E-state index in [0.29, 0.717) is 0 Å². The Labute approximate surface area is 89.3 Å². The lowest BCUT2D eigenvalue weighted by molar-refractivity contribution is -0.120. The number of halogens is 4. The number of alkyl halides is 3. The third-order valence-corrected chi connectivity index (χ3v) is 1.76. The molecule has 1 heterocycles. The van der Waals surface area contributed by atoms with Gasteiger partial charge in [0.2, 0.25) is 5.95 Å². The van der Waals surface area contributed by atoms with Crippen LogP contribution in [0.3, 0.4) is 0 Å². The third-order valence-electron chi connectivity index (χ3n) is 1.76. The molecule has 7 heteroatoms. The summed E-state index contributed by atoms with van der Waals surface area (Å²) in [4.78, 5) is 4.09. The lowest BCUT2D eigenvalue weighted by Crippen LogP contribution is -2.36. The van der Waals surface area contributed by atoms with Crippen LogP contribution in [0.1, 0.15) is 0 Å². The highest BCUT2D eigenvalue weighted by Gasteiger charge is 2.31. The number of nitrogens with zero attached hydrogens (tertiary/aromatic N) is 2. The van der Waals surface area contributed by atoms with Crippen molar-refractivity contribution in [1.29, 1.82) is 0 Å². The summed E-state index contributed by atoms with van der Waals surface area (Å²) in [5.74, 6) is -1.01. The van der Waals surface area contributed by atoms with Crippen LogP contribution in [0.2, 0.25) is 0 Å². The molecule has 90 valence electrons. The highest BCUT2D eigenvalue weighted by atomic mass is 19.4. The average molecular weight is 238 g/mol. The van der Waals surface area contributed by atoms with Crippen molar-refractivity contribution in [3.63, 3.8) is 0 Å². The Morgan fingerprint density at radius 2 is 2.00 bits per heavy atom. The molecule has 0 aliphatic rings. The van der Waals surface area contributed by atoms with E-state index in [1.54, 1.807) is 0 Å². The van der Waals surface area contributed by atoms with Gasteiger partial charge < -0.3 is 10.0 Å². The van der Waals surface area contributed by atoms with Crippen LogP contribution in [-0.4, -0.2) is 36.0 Å². The molecule has 0 aliphatic carbocycles. The number of aromatic nitrogens is 1. The summed E-state index contributed by atoms with van der Waals surface area (Å²) in [5, 5.41) is 8.63. The zero-order valence-electron chi connectivity index (χ0n) is 8.21. The Morgan fingerprint density at radius 1 is 1.31 bits per heavy atom. The van der Waals surface area contributed by atoms with Crippen LogP contribution in [0.25, 0.3) is 0 Å². The van der Waals surface area contributed by atoms with Crippen molar-refractivity contribution in [2.75, 3.05) is 24.6 Å². The smallest absolute Gasteiger partial charge is 0.395 e. The summed E-state index contributed by atoms with van der Waals surface area (Å²) in [5.41, 5.74) is 0. The van der Waals surface area contributed by atoms with E-state index >= 15 is 0 Å². The Hall–Kier alpha value is -1.37. The number of aliphatic hydroxyl groups excluding tert-OH is 1. The van der Waals surface area contributed by atoms with Crippen LogP contribution < -0.4 is 4.90 Å². The topological polar surface area (TPSA) is 36.4 Å². The Kier molecular flexibility index (Phi) is 4.05. The molecule has 0 spiro atoms. The maximum Gasteiger partial charge on any atom is 0.405 e. The molecule has 16 heavy (non-hydrogen) atoms.